The van der Waals surface area contributed by atoms with Gasteiger partial charge in [-0.05, 0) is 31.7 Å². The second kappa shape index (κ2) is 12.9. The normalized spacial score (nSPS) is 13.9. The maximum atomic E-state index is 12.6. The van der Waals surface area contributed by atoms with Gasteiger partial charge in [-0.3, -0.25) is 4.79 Å². The molecule has 0 aliphatic heterocycles. The number of ether oxygens (including phenoxy) is 1. The van der Waals surface area contributed by atoms with Crippen LogP contribution in [-0.2, 0) is 26.0 Å². The van der Waals surface area contributed by atoms with Crippen LogP contribution in [0.2, 0.25) is 0 Å². The van der Waals surface area contributed by atoms with Crippen LogP contribution in [0, 0.1) is 0 Å². The third kappa shape index (κ3) is 9.38. The second-order valence-corrected chi connectivity index (χ2v) is 9.26. The first-order valence-electron chi connectivity index (χ1n) is 10.0. The molecule has 5 nitrogen and oxygen atoms in total. The fraction of sp³-hybridized carbons (Fsp3) is 0.667. The molecule has 0 heterocycles. The highest BCUT2D eigenvalue weighted by molar-refractivity contribution is 7.90. The van der Waals surface area contributed by atoms with Crippen molar-refractivity contribution in [3.63, 3.8) is 0 Å². The number of hydrogen-bond donors (Lipinski definition) is 1. The zero-order valence-electron chi connectivity index (χ0n) is 16.9. The summed E-state index contributed by atoms with van der Waals surface area (Å²) in [6.07, 6.45) is 8.32. The van der Waals surface area contributed by atoms with E-state index in [1.165, 1.54) is 26.4 Å². The molecule has 0 amide bonds. The largest absolute Gasteiger partial charge is 0.468 e. The number of esters is 1. The molecule has 1 rings (SSSR count). The van der Waals surface area contributed by atoms with E-state index in [0.29, 0.717) is 19.3 Å². The summed E-state index contributed by atoms with van der Waals surface area (Å²) in [6, 6.07) is 8.85. The lowest BCUT2D eigenvalue weighted by molar-refractivity contribution is -0.142. The Morgan fingerprint density at radius 2 is 1.67 bits per heavy atom. The van der Waals surface area contributed by atoms with Crippen LogP contribution in [0.4, 0.5) is 0 Å². The number of benzene rings is 1. The van der Waals surface area contributed by atoms with Gasteiger partial charge in [-0.25, -0.2) is 13.1 Å². The van der Waals surface area contributed by atoms with Crippen LogP contribution in [0.5, 0.6) is 0 Å². The number of aryl methyl sites for hydroxylation is 1. The Morgan fingerprint density at radius 3 is 2.30 bits per heavy atom. The van der Waals surface area contributed by atoms with E-state index in [-0.39, 0.29) is 0 Å². The molecule has 0 aliphatic rings. The Kier molecular flexibility index (Phi) is 11.3. The standard InChI is InChI=1S/C21H35NO4S/c1-4-5-6-7-8-10-13-18(2)27(24,25)22-20(21(23)26-3)17-16-19-14-11-9-12-15-19/h9,11-12,14-15,18,20,22H,4-8,10,13,16-17H2,1-3H3. The first-order valence-corrected chi connectivity index (χ1v) is 11.6. The Bertz CT molecular complexity index is 631. The van der Waals surface area contributed by atoms with Gasteiger partial charge in [0.25, 0.3) is 0 Å². The molecule has 0 bridgehead atoms. The van der Waals surface area contributed by atoms with Crippen molar-refractivity contribution in [3.8, 4) is 0 Å². The number of carbonyl (C=O) groups is 1. The summed E-state index contributed by atoms with van der Waals surface area (Å²) in [5.74, 6) is -0.540. The van der Waals surface area contributed by atoms with E-state index in [2.05, 4.69) is 11.6 Å². The molecular formula is C21H35NO4S. The number of sulfonamides is 1. The van der Waals surface area contributed by atoms with Crippen molar-refractivity contribution in [1.82, 2.24) is 4.72 Å². The van der Waals surface area contributed by atoms with Gasteiger partial charge in [-0.15, -0.1) is 0 Å². The van der Waals surface area contributed by atoms with Gasteiger partial charge in [0.2, 0.25) is 10.0 Å². The maximum Gasteiger partial charge on any atom is 0.323 e. The number of methoxy groups -OCH3 is 1. The van der Waals surface area contributed by atoms with Crippen LogP contribution in [0.3, 0.4) is 0 Å². The van der Waals surface area contributed by atoms with Crippen molar-refractivity contribution in [2.75, 3.05) is 7.11 Å². The third-order valence-electron chi connectivity index (χ3n) is 4.85. The third-order valence-corrected chi connectivity index (χ3v) is 6.76. The smallest absolute Gasteiger partial charge is 0.323 e. The molecule has 2 unspecified atom stereocenters. The Balaban J connectivity index is 2.54. The molecule has 0 radical (unpaired) electrons. The van der Waals surface area contributed by atoms with Gasteiger partial charge in [0.05, 0.1) is 12.4 Å². The van der Waals surface area contributed by atoms with Gasteiger partial charge in [-0.1, -0.05) is 75.8 Å². The highest BCUT2D eigenvalue weighted by Crippen LogP contribution is 2.14. The predicted octanol–water partition coefficient (Wildman–Crippen LogP) is 4.22. The van der Waals surface area contributed by atoms with E-state index in [0.717, 1.165) is 24.8 Å². The molecule has 0 fully saturated rings. The monoisotopic (exact) mass is 397 g/mol. The highest BCUT2D eigenvalue weighted by atomic mass is 32.2. The van der Waals surface area contributed by atoms with Gasteiger partial charge in [-0.2, -0.15) is 0 Å². The molecule has 0 aromatic heterocycles. The van der Waals surface area contributed by atoms with Crippen LogP contribution < -0.4 is 4.72 Å². The summed E-state index contributed by atoms with van der Waals surface area (Å²) in [7, 11) is -2.28. The van der Waals surface area contributed by atoms with E-state index in [9.17, 15) is 13.2 Å². The highest BCUT2D eigenvalue weighted by Gasteiger charge is 2.28. The van der Waals surface area contributed by atoms with E-state index in [4.69, 9.17) is 4.74 Å². The molecule has 1 aromatic carbocycles. The summed E-state index contributed by atoms with van der Waals surface area (Å²) in [6.45, 7) is 3.88. The van der Waals surface area contributed by atoms with Gasteiger partial charge < -0.3 is 4.74 Å². The number of carbonyl (C=O) groups excluding carboxylic acids is 1. The molecule has 154 valence electrons. The number of rotatable bonds is 14. The predicted molar refractivity (Wildman–Crippen MR) is 110 cm³/mol. The van der Waals surface area contributed by atoms with E-state index >= 15 is 0 Å². The average Bonchev–Trinajstić information content (AvgIpc) is 2.67. The molecule has 1 aromatic rings. The molecule has 6 heteroatoms. The van der Waals surface area contributed by atoms with Gasteiger partial charge >= 0.3 is 5.97 Å². The minimum absolute atomic E-state index is 0.375. The molecule has 0 saturated heterocycles. The Hall–Kier alpha value is -1.40. The zero-order chi connectivity index (χ0) is 20.1. The lowest BCUT2D eigenvalue weighted by atomic mass is 10.1. The molecule has 0 saturated carbocycles. The fourth-order valence-electron chi connectivity index (χ4n) is 3.00. The fourth-order valence-corrected chi connectivity index (χ4v) is 4.32. The molecule has 0 aliphatic carbocycles. The van der Waals surface area contributed by atoms with Crippen LogP contribution in [-0.4, -0.2) is 32.8 Å². The van der Waals surface area contributed by atoms with Crippen molar-refractivity contribution >= 4 is 16.0 Å². The average molecular weight is 398 g/mol. The quantitative estimate of drug-likeness (QED) is 0.377. The van der Waals surface area contributed by atoms with Crippen molar-refractivity contribution in [2.24, 2.45) is 0 Å². The van der Waals surface area contributed by atoms with Crippen LogP contribution in [0.1, 0.15) is 70.8 Å². The first-order chi connectivity index (χ1) is 12.9. The second-order valence-electron chi connectivity index (χ2n) is 7.13. The van der Waals surface area contributed by atoms with Crippen LogP contribution in [0.25, 0.3) is 0 Å². The van der Waals surface area contributed by atoms with E-state index < -0.39 is 27.3 Å². The minimum Gasteiger partial charge on any atom is -0.468 e. The van der Waals surface area contributed by atoms with Crippen LogP contribution in [0.15, 0.2) is 30.3 Å². The molecule has 2 atom stereocenters. The van der Waals surface area contributed by atoms with Gasteiger partial charge in [0.15, 0.2) is 0 Å². The molecule has 0 spiro atoms. The lowest BCUT2D eigenvalue weighted by Gasteiger charge is -2.20. The van der Waals surface area contributed by atoms with Crippen molar-refractivity contribution in [3.05, 3.63) is 35.9 Å². The number of hydrogen-bond acceptors (Lipinski definition) is 4. The summed E-state index contributed by atoms with van der Waals surface area (Å²) in [5.41, 5.74) is 1.06. The zero-order valence-corrected chi connectivity index (χ0v) is 17.8. The first kappa shape index (κ1) is 23.6. The molecule has 27 heavy (non-hydrogen) atoms. The molecule has 1 N–H and O–H groups in total. The van der Waals surface area contributed by atoms with Crippen molar-refractivity contribution in [1.29, 1.82) is 0 Å². The Labute approximate surface area is 164 Å². The molecular weight excluding hydrogens is 362 g/mol. The number of unbranched alkanes of at least 4 members (excludes halogenated alkanes) is 5. The summed E-state index contributed by atoms with van der Waals surface area (Å²) in [4.78, 5) is 12.0. The summed E-state index contributed by atoms with van der Waals surface area (Å²) < 4.78 is 32.6. The van der Waals surface area contributed by atoms with E-state index in [1.807, 2.05) is 30.3 Å². The summed E-state index contributed by atoms with van der Waals surface area (Å²) >= 11 is 0. The number of nitrogens with one attached hydrogen (secondary N) is 1. The summed E-state index contributed by atoms with van der Waals surface area (Å²) in [5, 5.41) is -0.521. The van der Waals surface area contributed by atoms with Crippen LogP contribution >= 0.6 is 0 Å². The van der Waals surface area contributed by atoms with Gasteiger partial charge in [0.1, 0.15) is 6.04 Å². The van der Waals surface area contributed by atoms with E-state index in [1.54, 1.807) is 6.92 Å². The van der Waals surface area contributed by atoms with Crippen molar-refractivity contribution < 1.29 is 17.9 Å². The Morgan fingerprint density at radius 1 is 1.04 bits per heavy atom. The van der Waals surface area contributed by atoms with Crippen molar-refractivity contribution in [2.45, 2.75) is 82.9 Å². The van der Waals surface area contributed by atoms with Gasteiger partial charge in [0, 0.05) is 0 Å². The maximum absolute atomic E-state index is 12.6. The minimum atomic E-state index is -3.57. The SMILES string of the molecule is CCCCCCCCC(C)S(=O)(=O)NC(CCc1ccccc1)C(=O)OC. The lowest BCUT2D eigenvalue weighted by Crippen LogP contribution is -2.45. The topological polar surface area (TPSA) is 72.5 Å².